The molecule has 2 rings (SSSR count). The Hall–Kier alpha value is -2.02. The smallest absolute Gasteiger partial charge is 0.432 e. The molecule has 4 nitrogen and oxygen atoms in total. The van der Waals surface area contributed by atoms with E-state index in [1.165, 1.54) is 43.7 Å². The van der Waals surface area contributed by atoms with Gasteiger partial charge in [-0.05, 0) is 24.3 Å². The molecule has 0 amide bonds. The van der Waals surface area contributed by atoms with E-state index in [9.17, 15) is 18.0 Å². The van der Waals surface area contributed by atoms with E-state index in [4.69, 9.17) is 11.6 Å². The molecule has 0 aliphatic carbocycles. The number of aromatic nitrogens is 2. The van der Waals surface area contributed by atoms with Gasteiger partial charge in [-0.2, -0.15) is 13.2 Å². The maximum Gasteiger partial charge on any atom is 0.432 e. The Morgan fingerprint density at radius 1 is 1.33 bits per heavy atom. The standard InChI is InChI=1S/C13H10ClF3N2O2/c1-19-7-6-18-11(19)10(13(15,16)17)21-12(20)8-2-4-9(14)5-3-8/h2-7,10H,1H3/t10-/m0/s1. The third kappa shape index (κ3) is 3.55. The summed E-state index contributed by atoms with van der Waals surface area (Å²) in [6, 6.07) is 5.36. The van der Waals surface area contributed by atoms with Crippen LogP contribution in [0.4, 0.5) is 13.2 Å². The fourth-order valence-corrected chi connectivity index (χ4v) is 1.78. The monoisotopic (exact) mass is 318 g/mol. The van der Waals surface area contributed by atoms with E-state index in [0.717, 1.165) is 4.57 Å². The molecule has 21 heavy (non-hydrogen) atoms. The van der Waals surface area contributed by atoms with Crippen molar-refractivity contribution in [2.75, 3.05) is 0 Å². The fraction of sp³-hybridized carbons (Fsp3) is 0.231. The lowest BCUT2D eigenvalue weighted by molar-refractivity contribution is -0.210. The lowest BCUT2D eigenvalue weighted by Gasteiger charge is -2.20. The molecule has 0 aliphatic heterocycles. The van der Waals surface area contributed by atoms with Crippen LogP contribution in [0.2, 0.25) is 5.02 Å². The maximum absolute atomic E-state index is 13.1. The van der Waals surface area contributed by atoms with E-state index in [-0.39, 0.29) is 5.56 Å². The molecule has 2 aromatic rings. The van der Waals surface area contributed by atoms with Crippen LogP contribution < -0.4 is 0 Å². The first kappa shape index (κ1) is 15.4. The first-order valence-corrected chi connectivity index (χ1v) is 6.17. The van der Waals surface area contributed by atoms with Gasteiger partial charge < -0.3 is 9.30 Å². The van der Waals surface area contributed by atoms with Gasteiger partial charge in [0.15, 0.2) is 5.82 Å². The van der Waals surface area contributed by atoms with E-state index in [1.54, 1.807) is 0 Å². The van der Waals surface area contributed by atoms with Crippen LogP contribution in [-0.4, -0.2) is 21.7 Å². The van der Waals surface area contributed by atoms with E-state index in [0.29, 0.717) is 5.02 Å². The van der Waals surface area contributed by atoms with Crippen molar-refractivity contribution in [1.29, 1.82) is 0 Å². The molecule has 0 spiro atoms. The highest BCUT2D eigenvalue weighted by Crippen LogP contribution is 2.35. The van der Waals surface area contributed by atoms with Crippen LogP contribution in [0.3, 0.4) is 0 Å². The lowest BCUT2D eigenvalue weighted by Crippen LogP contribution is -2.28. The highest BCUT2D eigenvalue weighted by molar-refractivity contribution is 6.30. The number of carbonyl (C=O) groups is 1. The molecule has 1 aromatic carbocycles. The summed E-state index contributed by atoms with van der Waals surface area (Å²) in [6.07, 6.45) is -4.66. The van der Waals surface area contributed by atoms with Gasteiger partial charge in [0.05, 0.1) is 5.56 Å². The minimum atomic E-state index is -4.76. The summed E-state index contributed by atoms with van der Waals surface area (Å²) in [5, 5.41) is 0.364. The van der Waals surface area contributed by atoms with Crippen LogP contribution in [0.25, 0.3) is 0 Å². The summed E-state index contributed by atoms with van der Waals surface area (Å²) < 4.78 is 44.9. The molecule has 0 aliphatic rings. The predicted octanol–water partition coefficient (Wildman–Crippen LogP) is 3.53. The Labute approximate surface area is 123 Å². The van der Waals surface area contributed by atoms with Gasteiger partial charge >= 0.3 is 12.1 Å². The maximum atomic E-state index is 13.1. The number of rotatable bonds is 3. The minimum Gasteiger partial charge on any atom is -0.441 e. The van der Waals surface area contributed by atoms with Crippen LogP contribution in [0.15, 0.2) is 36.7 Å². The van der Waals surface area contributed by atoms with Gasteiger partial charge in [-0.15, -0.1) is 0 Å². The predicted molar refractivity (Wildman–Crippen MR) is 68.9 cm³/mol. The van der Waals surface area contributed by atoms with Crippen LogP contribution in [0, 0.1) is 0 Å². The minimum absolute atomic E-state index is 0.0251. The first-order chi connectivity index (χ1) is 9.79. The number of aryl methyl sites for hydroxylation is 1. The summed E-state index contributed by atoms with van der Waals surface area (Å²) in [5.41, 5.74) is -0.0251. The molecule has 1 aromatic heterocycles. The van der Waals surface area contributed by atoms with Crippen molar-refractivity contribution in [3.05, 3.63) is 53.1 Å². The Morgan fingerprint density at radius 3 is 2.43 bits per heavy atom. The molecule has 0 fully saturated rings. The van der Waals surface area contributed by atoms with Gasteiger partial charge in [0.2, 0.25) is 0 Å². The van der Waals surface area contributed by atoms with E-state index >= 15 is 0 Å². The number of halogens is 4. The molecular weight excluding hydrogens is 309 g/mol. The van der Waals surface area contributed by atoms with E-state index in [1.807, 2.05) is 0 Å². The van der Waals surface area contributed by atoms with Crippen molar-refractivity contribution in [2.45, 2.75) is 12.3 Å². The molecule has 0 unspecified atom stereocenters. The second kappa shape index (κ2) is 5.77. The quantitative estimate of drug-likeness (QED) is 0.813. The summed E-state index contributed by atoms with van der Waals surface area (Å²) in [7, 11) is 1.39. The highest BCUT2D eigenvalue weighted by Gasteiger charge is 2.46. The second-order valence-electron chi connectivity index (χ2n) is 4.23. The van der Waals surface area contributed by atoms with Gasteiger partial charge in [0, 0.05) is 24.5 Å². The Balaban J connectivity index is 2.26. The molecule has 8 heteroatoms. The zero-order valence-corrected chi connectivity index (χ0v) is 11.5. The highest BCUT2D eigenvalue weighted by atomic mass is 35.5. The number of hydrogen-bond donors (Lipinski definition) is 0. The van der Waals surface area contributed by atoms with Crippen molar-refractivity contribution in [3.63, 3.8) is 0 Å². The van der Waals surface area contributed by atoms with Gasteiger partial charge in [-0.1, -0.05) is 11.6 Å². The van der Waals surface area contributed by atoms with Crippen molar-refractivity contribution in [3.8, 4) is 0 Å². The number of esters is 1. The largest absolute Gasteiger partial charge is 0.441 e. The van der Waals surface area contributed by atoms with Crippen LogP contribution in [0.5, 0.6) is 0 Å². The molecule has 1 heterocycles. The fourth-order valence-electron chi connectivity index (χ4n) is 1.66. The topological polar surface area (TPSA) is 44.1 Å². The number of imidazole rings is 1. The number of alkyl halides is 3. The van der Waals surface area contributed by atoms with Gasteiger partial charge in [0.25, 0.3) is 6.10 Å². The van der Waals surface area contributed by atoms with Crippen LogP contribution >= 0.6 is 11.6 Å². The molecular formula is C13H10ClF3N2O2. The molecule has 0 saturated carbocycles. The summed E-state index contributed by atoms with van der Waals surface area (Å²) >= 11 is 5.65. The molecule has 0 N–H and O–H groups in total. The third-order valence-electron chi connectivity index (χ3n) is 2.70. The van der Waals surface area contributed by atoms with Gasteiger partial charge in [-0.3, -0.25) is 0 Å². The Bertz CT molecular complexity index is 638. The molecule has 1 atom stereocenters. The van der Waals surface area contributed by atoms with Crippen LogP contribution in [0.1, 0.15) is 22.3 Å². The Kier molecular flexibility index (Phi) is 4.22. The molecule has 0 bridgehead atoms. The zero-order valence-electron chi connectivity index (χ0n) is 10.8. The third-order valence-corrected chi connectivity index (χ3v) is 2.95. The number of carbonyl (C=O) groups excluding carboxylic acids is 1. The molecule has 0 saturated heterocycles. The average molecular weight is 319 g/mol. The lowest BCUT2D eigenvalue weighted by atomic mass is 10.2. The number of benzene rings is 1. The van der Waals surface area contributed by atoms with Crippen molar-refractivity contribution in [1.82, 2.24) is 9.55 Å². The Morgan fingerprint density at radius 2 is 1.95 bits per heavy atom. The first-order valence-electron chi connectivity index (χ1n) is 5.79. The van der Waals surface area contributed by atoms with Gasteiger partial charge in [0.1, 0.15) is 0 Å². The van der Waals surface area contributed by atoms with Crippen molar-refractivity contribution in [2.24, 2.45) is 7.05 Å². The second-order valence-corrected chi connectivity index (χ2v) is 4.67. The summed E-state index contributed by atoms with van der Waals surface area (Å²) in [4.78, 5) is 15.4. The number of hydrogen-bond acceptors (Lipinski definition) is 3. The summed E-state index contributed by atoms with van der Waals surface area (Å²) in [6.45, 7) is 0. The van der Waals surface area contributed by atoms with Gasteiger partial charge in [-0.25, -0.2) is 9.78 Å². The molecule has 112 valence electrons. The number of nitrogens with zero attached hydrogens (tertiary/aromatic N) is 2. The average Bonchev–Trinajstić information content (AvgIpc) is 2.81. The zero-order chi connectivity index (χ0) is 15.6. The SMILES string of the molecule is Cn1ccnc1[C@H](OC(=O)c1ccc(Cl)cc1)C(F)(F)F. The number of ether oxygens (including phenoxy) is 1. The summed E-state index contributed by atoms with van der Waals surface area (Å²) in [5.74, 6) is -1.50. The van der Waals surface area contributed by atoms with E-state index < -0.39 is 24.1 Å². The van der Waals surface area contributed by atoms with Crippen molar-refractivity contribution < 1.29 is 22.7 Å². The van der Waals surface area contributed by atoms with Crippen molar-refractivity contribution >= 4 is 17.6 Å². The van der Waals surface area contributed by atoms with Crippen LogP contribution in [-0.2, 0) is 11.8 Å². The normalized spacial score (nSPS) is 13.0. The molecule has 0 radical (unpaired) electrons. The van der Waals surface area contributed by atoms with E-state index in [2.05, 4.69) is 9.72 Å².